The first-order valence-corrected chi connectivity index (χ1v) is 12.2. The van der Waals surface area contributed by atoms with Gasteiger partial charge < -0.3 is 15.5 Å². The van der Waals surface area contributed by atoms with Crippen molar-refractivity contribution >= 4 is 39.1 Å². The highest BCUT2D eigenvalue weighted by Gasteiger charge is 2.39. The van der Waals surface area contributed by atoms with Gasteiger partial charge in [0.05, 0.1) is 5.75 Å². The van der Waals surface area contributed by atoms with Crippen molar-refractivity contribution in [2.45, 2.75) is 38.1 Å². The molecule has 9 nitrogen and oxygen atoms in total. The number of nitrogens with one attached hydrogen (secondary N) is 2. The molecule has 4 amide bonds. The number of sulfone groups is 1. The highest BCUT2D eigenvalue weighted by atomic mass is 32.2. The molecular formula is C20H28N4O5S. The highest BCUT2D eigenvalue weighted by molar-refractivity contribution is 7.90. The number of hydrogen-bond donors (Lipinski definition) is 2. The van der Waals surface area contributed by atoms with Crippen molar-refractivity contribution in [2.75, 3.05) is 41.9 Å². The second-order valence-electron chi connectivity index (χ2n) is 7.84. The van der Waals surface area contributed by atoms with Crippen molar-refractivity contribution < 1.29 is 22.8 Å². The van der Waals surface area contributed by atoms with Gasteiger partial charge in [0.1, 0.15) is 22.4 Å². The van der Waals surface area contributed by atoms with Crippen LogP contribution in [0.15, 0.2) is 24.3 Å². The van der Waals surface area contributed by atoms with E-state index in [4.69, 9.17) is 0 Å². The number of amides is 4. The lowest BCUT2D eigenvalue weighted by atomic mass is 10.2. The fourth-order valence-electron chi connectivity index (χ4n) is 3.68. The van der Waals surface area contributed by atoms with Crippen LogP contribution in [0.25, 0.3) is 0 Å². The lowest BCUT2D eigenvalue weighted by Gasteiger charge is -2.22. The lowest BCUT2D eigenvalue weighted by molar-refractivity contribution is -0.130. The molecule has 2 fully saturated rings. The topological polar surface area (TPSA) is 116 Å². The summed E-state index contributed by atoms with van der Waals surface area (Å²) in [6.45, 7) is 1.63. The average molecular weight is 437 g/mol. The predicted octanol–water partition coefficient (Wildman–Crippen LogP) is 1.36. The molecule has 0 bridgehead atoms. The molecule has 1 atom stereocenters. The molecule has 0 aliphatic carbocycles. The van der Waals surface area contributed by atoms with Crippen molar-refractivity contribution in [1.29, 1.82) is 0 Å². The molecule has 2 saturated heterocycles. The third kappa shape index (κ3) is 5.94. The smallest absolute Gasteiger partial charge is 0.325 e. The zero-order valence-corrected chi connectivity index (χ0v) is 17.9. The van der Waals surface area contributed by atoms with E-state index in [0.717, 1.165) is 29.9 Å². The molecule has 3 rings (SSSR count). The molecule has 2 N–H and O–H groups in total. The maximum Gasteiger partial charge on any atom is 0.325 e. The molecule has 0 unspecified atom stereocenters. The Morgan fingerprint density at radius 3 is 2.33 bits per heavy atom. The van der Waals surface area contributed by atoms with Gasteiger partial charge in [-0.15, -0.1) is 0 Å². The SMILES string of the molecule is CS(=O)(=O)CC[C@H]1NC(=O)N(CC(=O)Nc2ccc(N3CCCCCC3)cc2)C1=O. The molecule has 2 aliphatic heterocycles. The average Bonchev–Trinajstić information content (AvgIpc) is 2.87. The van der Waals surface area contributed by atoms with Crippen molar-refractivity contribution in [3.63, 3.8) is 0 Å². The van der Waals surface area contributed by atoms with E-state index in [-0.39, 0.29) is 12.2 Å². The Kier molecular flexibility index (Phi) is 6.96. The van der Waals surface area contributed by atoms with Crippen LogP contribution in [0.5, 0.6) is 0 Å². The maximum absolute atomic E-state index is 12.3. The van der Waals surface area contributed by atoms with Gasteiger partial charge in [0, 0.05) is 30.7 Å². The Morgan fingerprint density at radius 2 is 1.73 bits per heavy atom. The molecule has 2 heterocycles. The molecule has 2 aliphatic rings. The minimum absolute atomic E-state index is 0.0144. The van der Waals surface area contributed by atoms with Crippen molar-refractivity contribution in [1.82, 2.24) is 10.2 Å². The lowest BCUT2D eigenvalue weighted by Crippen LogP contribution is -2.38. The molecular weight excluding hydrogens is 408 g/mol. The van der Waals surface area contributed by atoms with E-state index in [9.17, 15) is 22.8 Å². The molecule has 1 aromatic rings. The highest BCUT2D eigenvalue weighted by Crippen LogP contribution is 2.21. The monoisotopic (exact) mass is 436 g/mol. The number of hydrogen-bond acceptors (Lipinski definition) is 6. The van der Waals surface area contributed by atoms with Gasteiger partial charge in [0.15, 0.2) is 0 Å². The Hall–Kier alpha value is -2.62. The van der Waals surface area contributed by atoms with Crippen LogP contribution in [0.1, 0.15) is 32.1 Å². The Bertz CT molecular complexity index is 892. The van der Waals surface area contributed by atoms with Crippen LogP contribution in [-0.4, -0.2) is 68.8 Å². The zero-order chi connectivity index (χ0) is 21.7. The van der Waals surface area contributed by atoms with Crippen molar-refractivity contribution in [3.05, 3.63) is 24.3 Å². The van der Waals surface area contributed by atoms with Crippen LogP contribution >= 0.6 is 0 Å². The van der Waals surface area contributed by atoms with E-state index >= 15 is 0 Å². The standard InChI is InChI=1S/C20H28N4O5S/c1-30(28,29)13-10-17-19(26)24(20(27)22-17)14-18(25)21-15-6-8-16(9-7-15)23-11-4-2-3-5-12-23/h6-9,17H,2-5,10-14H2,1H3,(H,21,25)(H,22,27)/t17-/m1/s1. The summed E-state index contributed by atoms with van der Waals surface area (Å²) in [5.41, 5.74) is 1.69. The molecule has 1 aromatic carbocycles. The van der Waals surface area contributed by atoms with E-state index < -0.39 is 40.3 Å². The summed E-state index contributed by atoms with van der Waals surface area (Å²) in [7, 11) is -3.25. The number of rotatable bonds is 7. The van der Waals surface area contributed by atoms with Crippen molar-refractivity contribution in [3.8, 4) is 0 Å². The van der Waals surface area contributed by atoms with E-state index in [1.54, 1.807) is 12.1 Å². The first-order valence-electron chi connectivity index (χ1n) is 10.2. The molecule has 0 saturated carbocycles. The van der Waals surface area contributed by atoms with Crippen LogP contribution in [0, 0.1) is 0 Å². The Balaban J connectivity index is 1.53. The van der Waals surface area contributed by atoms with Gasteiger partial charge in [-0.05, 0) is 43.5 Å². The number of nitrogens with zero attached hydrogens (tertiary/aromatic N) is 2. The third-order valence-electron chi connectivity index (χ3n) is 5.31. The minimum Gasteiger partial charge on any atom is -0.372 e. The molecule has 0 spiro atoms. The number of carbonyl (C=O) groups is 3. The number of anilines is 2. The van der Waals surface area contributed by atoms with E-state index in [2.05, 4.69) is 15.5 Å². The summed E-state index contributed by atoms with van der Waals surface area (Å²) in [5.74, 6) is -1.30. The van der Waals surface area contributed by atoms with Crippen LogP contribution in [0.4, 0.5) is 16.2 Å². The Labute approximate surface area is 176 Å². The molecule has 164 valence electrons. The first-order chi connectivity index (χ1) is 14.2. The largest absolute Gasteiger partial charge is 0.372 e. The summed E-state index contributed by atoms with van der Waals surface area (Å²) in [6, 6.07) is 5.90. The summed E-state index contributed by atoms with van der Waals surface area (Å²) in [4.78, 5) is 39.8. The van der Waals surface area contributed by atoms with Crippen LogP contribution in [0.2, 0.25) is 0 Å². The first kappa shape index (κ1) is 22.1. The quantitative estimate of drug-likeness (QED) is 0.624. The molecule has 0 aromatic heterocycles. The summed E-state index contributed by atoms with van der Waals surface area (Å²) < 4.78 is 22.6. The second-order valence-corrected chi connectivity index (χ2v) is 10.1. The van der Waals surface area contributed by atoms with Crippen LogP contribution in [0.3, 0.4) is 0 Å². The van der Waals surface area contributed by atoms with Gasteiger partial charge in [0.2, 0.25) is 5.91 Å². The number of benzene rings is 1. The maximum atomic E-state index is 12.3. The van der Waals surface area contributed by atoms with Gasteiger partial charge in [0.25, 0.3) is 5.91 Å². The second kappa shape index (κ2) is 9.46. The van der Waals surface area contributed by atoms with Crippen LogP contribution < -0.4 is 15.5 Å². The summed E-state index contributed by atoms with van der Waals surface area (Å²) >= 11 is 0. The summed E-state index contributed by atoms with van der Waals surface area (Å²) in [6.07, 6.45) is 5.91. The molecule has 10 heteroatoms. The van der Waals surface area contributed by atoms with Gasteiger partial charge in [-0.2, -0.15) is 0 Å². The van der Waals surface area contributed by atoms with Gasteiger partial charge in [-0.25, -0.2) is 13.2 Å². The summed E-state index contributed by atoms with van der Waals surface area (Å²) in [5, 5.41) is 5.13. The third-order valence-corrected chi connectivity index (χ3v) is 6.29. The van der Waals surface area contributed by atoms with Crippen molar-refractivity contribution in [2.24, 2.45) is 0 Å². The predicted molar refractivity (Wildman–Crippen MR) is 114 cm³/mol. The molecule has 0 radical (unpaired) electrons. The van der Waals surface area contributed by atoms with Gasteiger partial charge >= 0.3 is 6.03 Å². The number of carbonyl (C=O) groups excluding carboxylic acids is 3. The molecule has 30 heavy (non-hydrogen) atoms. The number of urea groups is 1. The zero-order valence-electron chi connectivity index (χ0n) is 17.1. The fourth-order valence-corrected chi connectivity index (χ4v) is 4.35. The van der Waals surface area contributed by atoms with E-state index in [0.29, 0.717) is 5.69 Å². The van der Waals surface area contributed by atoms with E-state index in [1.165, 1.54) is 25.7 Å². The minimum atomic E-state index is -3.25. The normalized spacial score (nSPS) is 20.1. The van der Waals surface area contributed by atoms with Gasteiger partial charge in [-0.1, -0.05) is 12.8 Å². The van der Waals surface area contributed by atoms with Gasteiger partial charge in [-0.3, -0.25) is 14.5 Å². The fraction of sp³-hybridized carbons (Fsp3) is 0.550. The van der Waals surface area contributed by atoms with E-state index in [1.807, 2.05) is 12.1 Å². The van der Waals surface area contributed by atoms with Crippen LogP contribution in [-0.2, 0) is 19.4 Å². The number of imide groups is 1. The Morgan fingerprint density at radius 1 is 1.10 bits per heavy atom.